The maximum Gasteiger partial charge on any atom is 1.00 e. The van der Waals surface area contributed by atoms with Gasteiger partial charge in [-0.1, -0.05) is 24.3 Å². The summed E-state index contributed by atoms with van der Waals surface area (Å²) in [6, 6.07) is 9.65. The van der Waals surface area contributed by atoms with Gasteiger partial charge in [-0.3, -0.25) is 4.79 Å². The molecule has 6 nitrogen and oxygen atoms in total. The fourth-order valence-electron chi connectivity index (χ4n) is 3.28. The molecule has 126 valence electrons. The predicted molar refractivity (Wildman–Crippen MR) is 87.6 cm³/mol. The van der Waals surface area contributed by atoms with E-state index in [0.717, 1.165) is 17.2 Å². The van der Waals surface area contributed by atoms with Crippen LogP contribution in [0.25, 0.3) is 22.1 Å². The first-order valence-corrected chi connectivity index (χ1v) is 7.63. The van der Waals surface area contributed by atoms with Crippen molar-refractivity contribution in [1.29, 1.82) is 0 Å². The van der Waals surface area contributed by atoms with Gasteiger partial charge in [0, 0.05) is 17.7 Å². The zero-order chi connectivity index (χ0) is 17.9. The minimum Gasteiger partial charge on any atom is -0.542 e. The number of hydrogen-bond donors (Lipinski definition) is 1. The van der Waals surface area contributed by atoms with E-state index in [0.29, 0.717) is 11.3 Å². The van der Waals surface area contributed by atoms with Crippen LogP contribution in [0.5, 0.6) is 11.5 Å². The normalized spacial score (nSPS) is 13.9. The van der Waals surface area contributed by atoms with E-state index in [1.807, 2.05) is 38.1 Å². The van der Waals surface area contributed by atoms with Gasteiger partial charge in [0.2, 0.25) is 0 Å². The molecule has 3 aromatic rings. The third kappa shape index (κ3) is 2.61. The Labute approximate surface area is 170 Å². The van der Waals surface area contributed by atoms with Crippen LogP contribution in [0.4, 0.5) is 0 Å². The zero-order valence-electron chi connectivity index (χ0n) is 14.5. The number of phenolic OH excluding ortho intramolecular Hbond substituents is 1. The fourth-order valence-corrected chi connectivity index (χ4v) is 3.28. The van der Waals surface area contributed by atoms with E-state index < -0.39 is 22.8 Å². The van der Waals surface area contributed by atoms with Crippen LogP contribution in [0.3, 0.4) is 0 Å². The molecule has 1 N–H and O–H groups in total. The molecular weight excluding hydrogens is 347 g/mol. The molecule has 0 radical (unpaired) electrons. The van der Waals surface area contributed by atoms with Gasteiger partial charge < -0.3 is 24.2 Å². The van der Waals surface area contributed by atoms with Gasteiger partial charge in [-0.05, 0) is 19.4 Å². The number of ether oxygens (including phenoxy) is 1. The summed E-state index contributed by atoms with van der Waals surface area (Å²) in [5.41, 5.74) is 0.595. The summed E-state index contributed by atoms with van der Waals surface area (Å²) in [7, 11) is 0. The van der Waals surface area contributed by atoms with Crippen LogP contribution in [0, 0.1) is 0 Å². The summed E-state index contributed by atoms with van der Waals surface area (Å²) in [5, 5.41) is 21.6. The number of aromatic carboxylic acids is 1. The molecule has 1 aromatic heterocycles. The molecule has 0 atom stereocenters. The molecule has 1 aliphatic rings. The Balaban J connectivity index is 0.00000196. The molecule has 0 aliphatic carbocycles. The number of benzene rings is 2. The Morgan fingerprint density at radius 3 is 2.58 bits per heavy atom. The van der Waals surface area contributed by atoms with E-state index in [-0.39, 0.29) is 46.3 Å². The SMILES string of the molecule is CC1(C)Oc2cc3oc(C(=O)[O-])cc(=O)c3c(O)c2-c2ccccc21.[Na+]. The van der Waals surface area contributed by atoms with Gasteiger partial charge in [-0.25, -0.2) is 0 Å². The number of carbonyl (C=O) groups excluding carboxylic acids is 1. The molecule has 0 spiro atoms. The Morgan fingerprint density at radius 2 is 1.88 bits per heavy atom. The van der Waals surface area contributed by atoms with Gasteiger partial charge in [0.1, 0.15) is 34.0 Å². The largest absolute Gasteiger partial charge is 1.00 e. The summed E-state index contributed by atoms with van der Waals surface area (Å²) in [4.78, 5) is 23.3. The van der Waals surface area contributed by atoms with E-state index in [1.165, 1.54) is 6.07 Å². The van der Waals surface area contributed by atoms with Crippen molar-refractivity contribution in [3.8, 4) is 22.6 Å². The third-order valence-corrected chi connectivity index (χ3v) is 4.37. The maximum atomic E-state index is 12.3. The van der Waals surface area contributed by atoms with Crippen molar-refractivity contribution >= 4 is 16.9 Å². The van der Waals surface area contributed by atoms with Gasteiger partial charge in [0.25, 0.3) is 0 Å². The molecule has 0 saturated heterocycles. The summed E-state index contributed by atoms with van der Waals surface area (Å²) in [5.74, 6) is -2.20. The molecule has 0 fully saturated rings. The second kappa shape index (κ2) is 6.16. The van der Waals surface area contributed by atoms with Gasteiger partial charge in [0.15, 0.2) is 11.2 Å². The van der Waals surface area contributed by atoms with Crippen LogP contribution in [-0.4, -0.2) is 11.1 Å². The summed E-state index contributed by atoms with van der Waals surface area (Å²) in [6.07, 6.45) is 0. The van der Waals surface area contributed by atoms with E-state index in [2.05, 4.69) is 0 Å². The number of aromatic hydroxyl groups is 1. The van der Waals surface area contributed by atoms with Gasteiger partial charge >= 0.3 is 29.6 Å². The number of fused-ring (bicyclic) bond motifs is 4. The van der Waals surface area contributed by atoms with Crippen molar-refractivity contribution < 1.29 is 53.7 Å². The standard InChI is InChI=1S/C19H14O6.Na/c1-19(2)10-6-4-3-5-9(10)15-13(25-19)8-12-16(17(15)21)11(20)7-14(24-12)18(22)23;/h3-8,21H,1-2H3,(H,22,23);/q;+1/p-1. The first-order chi connectivity index (χ1) is 11.8. The second-order valence-corrected chi connectivity index (χ2v) is 6.39. The minimum absolute atomic E-state index is 0. The minimum atomic E-state index is -1.61. The average Bonchev–Trinajstić information content (AvgIpc) is 2.53. The molecule has 0 amide bonds. The Kier molecular flexibility index (Phi) is 4.38. The van der Waals surface area contributed by atoms with Crippen LogP contribution in [0.15, 0.2) is 45.6 Å². The molecule has 26 heavy (non-hydrogen) atoms. The van der Waals surface area contributed by atoms with Crippen molar-refractivity contribution in [1.82, 2.24) is 0 Å². The van der Waals surface area contributed by atoms with Crippen molar-refractivity contribution in [3.05, 3.63) is 57.9 Å². The molecule has 0 bridgehead atoms. The first kappa shape index (κ1) is 18.5. The van der Waals surface area contributed by atoms with Crippen LogP contribution < -0.4 is 44.8 Å². The first-order valence-electron chi connectivity index (χ1n) is 7.63. The second-order valence-electron chi connectivity index (χ2n) is 6.39. The topological polar surface area (TPSA) is 99.8 Å². The van der Waals surface area contributed by atoms with E-state index >= 15 is 0 Å². The maximum absolute atomic E-state index is 12.3. The number of rotatable bonds is 1. The quantitative estimate of drug-likeness (QED) is 0.568. The number of hydrogen-bond acceptors (Lipinski definition) is 6. The molecule has 2 aromatic carbocycles. The monoisotopic (exact) mass is 360 g/mol. The Hall–Kier alpha value is -2.28. The van der Waals surface area contributed by atoms with Gasteiger partial charge in [-0.15, -0.1) is 0 Å². The van der Waals surface area contributed by atoms with E-state index in [9.17, 15) is 19.8 Å². The average molecular weight is 360 g/mol. The number of carboxylic acid groups (broad SMARTS) is 1. The van der Waals surface area contributed by atoms with Crippen LogP contribution >= 0.6 is 0 Å². The van der Waals surface area contributed by atoms with Crippen LogP contribution in [0.1, 0.15) is 30.0 Å². The molecule has 1 aliphatic heterocycles. The van der Waals surface area contributed by atoms with Crippen LogP contribution in [0.2, 0.25) is 0 Å². The summed E-state index contributed by atoms with van der Waals surface area (Å²) in [6.45, 7) is 3.76. The molecule has 7 heteroatoms. The van der Waals surface area contributed by atoms with Crippen molar-refractivity contribution in [2.24, 2.45) is 0 Å². The van der Waals surface area contributed by atoms with E-state index in [4.69, 9.17) is 9.15 Å². The van der Waals surface area contributed by atoms with E-state index in [1.54, 1.807) is 0 Å². The molecule has 4 rings (SSSR count). The third-order valence-electron chi connectivity index (χ3n) is 4.37. The molecule has 0 unspecified atom stereocenters. The van der Waals surface area contributed by atoms with Crippen molar-refractivity contribution in [2.75, 3.05) is 0 Å². The summed E-state index contributed by atoms with van der Waals surface area (Å²) >= 11 is 0. The molecule has 0 saturated carbocycles. The molecule has 2 heterocycles. The zero-order valence-corrected chi connectivity index (χ0v) is 16.5. The smallest absolute Gasteiger partial charge is 0.542 e. The fraction of sp³-hybridized carbons (Fsp3) is 0.158. The summed E-state index contributed by atoms with van der Waals surface area (Å²) < 4.78 is 11.2. The van der Waals surface area contributed by atoms with Crippen molar-refractivity contribution in [2.45, 2.75) is 19.4 Å². The molecular formula is C19H13NaO6. The van der Waals surface area contributed by atoms with Crippen LogP contribution in [-0.2, 0) is 5.60 Å². The van der Waals surface area contributed by atoms with Gasteiger partial charge in [-0.2, -0.15) is 0 Å². The number of carbonyl (C=O) groups is 1. The number of phenols is 1. The van der Waals surface area contributed by atoms with Gasteiger partial charge in [0.05, 0.1) is 5.56 Å². The number of carboxylic acids is 1. The Bertz CT molecular complexity index is 1110. The Morgan fingerprint density at radius 1 is 1.19 bits per heavy atom. The predicted octanol–water partition coefficient (Wildman–Crippen LogP) is -0.839. The van der Waals surface area contributed by atoms with Crippen molar-refractivity contribution in [3.63, 3.8) is 0 Å².